The Balaban J connectivity index is 1.64. The first-order valence-corrected chi connectivity index (χ1v) is 6.92. The zero-order valence-electron chi connectivity index (χ0n) is 11.3. The zero-order valence-corrected chi connectivity index (χ0v) is 11.3. The minimum atomic E-state index is 0.0736. The molecule has 3 unspecified atom stereocenters. The van der Waals surface area contributed by atoms with Crippen molar-refractivity contribution in [2.75, 3.05) is 19.7 Å². The fourth-order valence-electron chi connectivity index (χ4n) is 3.09. The number of morpholine rings is 1. The van der Waals surface area contributed by atoms with Crippen LogP contribution in [0.5, 0.6) is 0 Å². The number of nitrogens with one attached hydrogen (secondary N) is 1. The number of aryl methyl sites for hydroxylation is 1. The Morgan fingerprint density at radius 1 is 1.63 bits per heavy atom. The van der Waals surface area contributed by atoms with Gasteiger partial charge in [-0.2, -0.15) is 5.10 Å². The summed E-state index contributed by atoms with van der Waals surface area (Å²) >= 11 is 0. The standard InChI is InChI=1S/C12H22N6O/c1-17-12(14-8-15-17)5-10(16-13)11-6-18-4-2-3-9(18)7-19-11/h8-11,16H,2-7,13H2,1H3. The Bertz CT molecular complexity index is 422. The third-order valence-corrected chi connectivity index (χ3v) is 4.29. The molecule has 2 aliphatic heterocycles. The molecule has 106 valence electrons. The fourth-order valence-corrected chi connectivity index (χ4v) is 3.09. The monoisotopic (exact) mass is 266 g/mol. The molecule has 19 heavy (non-hydrogen) atoms. The molecular weight excluding hydrogens is 244 g/mol. The first-order valence-electron chi connectivity index (χ1n) is 6.92. The van der Waals surface area contributed by atoms with Gasteiger partial charge in [-0.25, -0.2) is 4.98 Å². The van der Waals surface area contributed by atoms with E-state index in [1.807, 2.05) is 7.05 Å². The van der Waals surface area contributed by atoms with Gasteiger partial charge < -0.3 is 4.74 Å². The Kier molecular flexibility index (Phi) is 3.79. The van der Waals surface area contributed by atoms with E-state index in [0.29, 0.717) is 6.04 Å². The third-order valence-electron chi connectivity index (χ3n) is 4.29. The molecular formula is C12H22N6O. The van der Waals surface area contributed by atoms with Crippen molar-refractivity contribution in [2.24, 2.45) is 12.9 Å². The lowest BCUT2D eigenvalue weighted by Crippen LogP contribution is -2.56. The average molecular weight is 266 g/mol. The highest BCUT2D eigenvalue weighted by Gasteiger charge is 2.35. The number of hydrazine groups is 1. The second kappa shape index (κ2) is 5.54. The molecule has 0 aromatic carbocycles. The van der Waals surface area contributed by atoms with Gasteiger partial charge in [0, 0.05) is 26.1 Å². The van der Waals surface area contributed by atoms with Crippen LogP contribution < -0.4 is 11.3 Å². The molecule has 2 saturated heterocycles. The molecule has 0 radical (unpaired) electrons. The van der Waals surface area contributed by atoms with E-state index in [0.717, 1.165) is 25.4 Å². The Labute approximate surface area is 113 Å². The molecule has 1 aromatic heterocycles. The first kappa shape index (κ1) is 13.0. The fraction of sp³-hybridized carbons (Fsp3) is 0.833. The van der Waals surface area contributed by atoms with Crippen LogP contribution in [0.4, 0.5) is 0 Å². The lowest BCUT2D eigenvalue weighted by molar-refractivity contribution is -0.0647. The second-order valence-electron chi connectivity index (χ2n) is 5.44. The van der Waals surface area contributed by atoms with Gasteiger partial charge in [0.2, 0.25) is 0 Å². The molecule has 3 atom stereocenters. The molecule has 0 aliphatic carbocycles. The smallest absolute Gasteiger partial charge is 0.138 e. The summed E-state index contributed by atoms with van der Waals surface area (Å²) in [7, 11) is 1.90. The quantitative estimate of drug-likeness (QED) is 0.540. The van der Waals surface area contributed by atoms with E-state index in [1.54, 1.807) is 11.0 Å². The van der Waals surface area contributed by atoms with E-state index in [9.17, 15) is 0 Å². The van der Waals surface area contributed by atoms with Crippen LogP contribution in [0.3, 0.4) is 0 Å². The predicted molar refractivity (Wildman–Crippen MR) is 70.2 cm³/mol. The number of rotatable bonds is 4. The summed E-state index contributed by atoms with van der Waals surface area (Å²) in [5, 5.41) is 4.09. The minimum absolute atomic E-state index is 0.0736. The molecule has 2 fully saturated rings. The SMILES string of the molecule is Cn1ncnc1CC(NN)C1CN2CCCC2CO1. The normalized spacial score (nSPS) is 29.4. The zero-order chi connectivity index (χ0) is 13.2. The highest BCUT2D eigenvalue weighted by Crippen LogP contribution is 2.24. The van der Waals surface area contributed by atoms with Gasteiger partial charge >= 0.3 is 0 Å². The maximum Gasteiger partial charge on any atom is 0.138 e. The molecule has 3 rings (SSSR count). The van der Waals surface area contributed by atoms with Crippen molar-refractivity contribution in [2.45, 2.75) is 37.5 Å². The molecule has 1 aromatic rings. The largest absolute Gasteiger partial charge is 0.374 e. The van der Waals surface area contributed by atoms with Crippen molar-refractivity contribution in [3.63, 3.8) is 0 Å². The van der Waals surface area contributed by atoms with E-state index in [-0.39, 0.29) is 12.1 Å². The van der Waals surface area contributed by atoms with Crippen molar-refractivity contribution in [3.05, 3.63) is 12.2 Å². The van der Waals surface area contributed by atoms with E-state index in [2.05, 4.69) is 20.4 Å². The number of hydrogen-bond acceptors (Lipinski definition) is 6. The van der Waals surface area contributed by atoms with E-state index in [4.69, 9.17) is 10.6 Å². The first-order chi connectivity index (χ1) is 9.28. The highest BCUT2D eigenvalue weighted by molar-refractivity contribution is 4.95. The summed E-state index contributed by atoms with van der Waals surface area (Å²) in [5.41, 5.74) is 2.88. The number of nitrogens with two attached hydrogens (primary N) is 1. The number of hydrogen-bond donors (Lipinski definition) is 2. The molecule has 0 bridgehead atoms. The highest BCUT2D eigenvalue weighted by atomic mass is 16.5. The molecule has 3 N–H and O–H groups in total. The van der Waals surface area contributed by atoms with Gasteiger partial charge in [0.1, 0.15) is 12.2 Å². The predicted octanol–water partition coefficient (Wildman–Crippen LogP) is -0.947. The van der Waals surface area contributed by atoms with Crippen LogP contribution in [0, 0.1) is 0 Å². The molecule has 0 saturated carbocycles. The van der Waals surface area contributed by atoms with Gasteiger partial charge in [0.25, 0.3) is 0 Å². The molecule has 7 nitrogen and oxygen atoms in total. The van der Waals surface area contributed by atoms with Gasteiger partial charge in [0.15, 0.2) is 0 Å². The van der Waals surface area contributed by atoms with Crippen molar-refractivity contribution >= 4 is 0 Å². The topological polar surface area (TPSA) is 81.2 Å². The van der Waals surface area contributed by atoms with Crippen LogP contribution in [0.25, 0.3) is 0 Å². The van der Waals surface area contributed by atoms with Gasteiger partial charge in [-0.1, -0.05) is 0 Å². The van der Waals surface area contributed by atoms with Gasteiger partial charge in [-0.05, 0) is 19.4 Å². The lowest BCUT2D eigenvalue weighted by Gasteiger charge is -2.38. The maximum absolute atomic E-state index is 5.99. The van der Waals surface area contributed by atoms with Crippen LogP contribution >= 0.6 is 0 Å². The van der Waals surface area contributed by atoms with Crippen LogP contribution in [0.2, 0.25) is 0 Å². The summed E-state index contributed by atoms with van der Waals surface area (Å²) < 4.78 is 7.78. The summed E-state index contributed by atoms with van der Waals surface area (Å²) in [6, 6.07) is 0.689. The van der Waals surface area contributed by atoms with E-state index >= 15 is 0 Å². The molecule has 0 spiro atoms. The lowest BCUT2D eigenvalue weighted by atomic mass is 10.0. The average Bonchev–Trinajstić information content (AvgIpc) is 3.04. The number of aromatic nitrogens is 3. The maximum atomic E-state index is 5.99. The molecule has 2 aliphatic rings. The number of fused-ring (bicyclic) bond motifs is 1. The minimum Gasteiger partial charge on any atom is -0.374 e. The van der Waals surface area contributed by atoms with Crippen LogP contribution in [0.1, 0.15) is 18.7 Å². The van der Waals surface area contributed by atoms with Crippen molar-refractivity contribution in [1.29, 1.82) is 0 Å². The molecule has 3 heterocycles. The van der Waals surface area contributed by atoms with Crippen LogP contribution in [-0.4, -0.2) is 57.5 Å². The summed E-state index contributed by atoms with van der Waals surface area (Å²) in [5.74, 6) is 6.63. The van der Waals surface area contributed by atoms with E-state index < -0.39 is 0 Å². The van der Waals surface area contributed by atoms with Gasteiger partial charge in [0.05, 0.1) is 18.8 Å². The van der Waals surface area contributed by atoms with E-state index in [1.165, 1.54) is 19.4 Å². The van der Waals surface area contributed by atoms with Crippen molar-refractivity contribution in [3.8, 4) is 0 Å². The van der Waals surface area contributed by atoms with Gasteiger partial charge in [-0.3, -0.25) is 20.9 Å². The van der Waals surface area contributed by atoms with Gasteiger partial charge in [-0.15, -0.1) is 0 Å². The molecule has 7 heteroatoms. The van der Waals surface area contributed by atoms with Crippen molar-refractivity contribution in [1.82, 2.24) is 25.1 Å². The number of nitrogens with zero attached hydrogens (tertiary/aromatic N) is 4. The summed E-state index contributed by atoms with van der Waals surface area (Å²) in [6.07, 6.45) is 4.97. The Morgan fingerprint density at radius 2 is 2.53 bits per heavy atom. The summed E-state index contributed by atoms with van der Waals surface area (Å²) in [6.45, 7) is 2.96. The van der Waals surface area contributed by atoms with Crippen molar-refractivity contribution < 1.29 is 4.74 Å². The summed E-state index contributed by atoms with van der Waals surface area (Å²) in [4.78, 5) is 6.77. The van der Waals surface area contributed by atoms with Crippen LogP contribution in [0.15, 0.2) is 6.33 Å². The Hall–Kier alpha value is -1.02. The second-order valence-corrected chi connectivity index (χ2v) is 5.44. The Morgan fingerprint density at radius 3 is 3.26 bits per heavy atom. The van der Waals surface area contributed by atoms with Crippen LogP contribution in [-0.2, 0) is 18.2 Å². The molecule has 0 amide bonds. The third kappa shape index (κ3) is 2.64. The number of ether oxygens (including phenoxy) is 1.